The Hall–Kier alpha value is -2.36. The van der Waals surface area contributed by atoms with Crippen LogP contribution in [0.15, 0.2) is 21.2 Å². The molecule has 1 saturated heterocycles. The van der Waals surface area contributed by atoms with Gasteiger partial charge in [-0.15, -0.1) is 0 Å². The molecule has 0 aromatic carbocycles. The summed E-state index contributed by atoms with van der Waals surface area (Å²) < 4.78 is 5.45. The van der Waals surface area contributed by atoms with Gasteiger partial charge in [-0.1, -0.05) is 19.3 Å². The lowest BCUT2D eigenvalue weighted by molar-refractivity contribution is -0.139. The summed E-state index contributed by atoms with van der Waals surface area (Å²) in [5.74, 6) is -1.68. The molecule has 0 bridgehead atoms. The van der Waals surface area contributed by atoms with Crippen LogP contribution in [-0.2, 0) is 9.59 Å². The number of hydrazine groups is 1. The molecule has 10 heteroatoms. The van der Waals surface area contributed by atoms with Crippen LogP contribution in [0.25, 0.3) is 0 Å². The highest BCUT2D eigenvalue weighted by Gasteiger charge is 2.52. The van der Waals surface area contributed by atoms with Crippen LogP contribution < -0.4 is 16.1 Å². The number of furan rings is 1. The largest absolute Gasteiger partial charge is 0.444 e. The molecule has 0 radical (unpaired) electrons. The van der Waals surface area contributed by atoms with Gasteiger partial charge in [0.2, 0.25) is 0 Å². The van der Waals surface area contributed by atoms with Gasteiger partial charge in [0.15, 0.2) is 10.4 Å². The molecule has 3 rings (SSSR count). The second kappa shape index (κ2) is 6.87. The van der Waals surface area contributed by atoms with Gasteiger partial charge in [-0.2, -0.15) is 5.01 Å². The molecule has 0 atom stereocenters. The first-order valence-electron chi connectivity index (χ1n) is 7.91. The number of urea groups is 1. The minimum Gasteiger partial charge on any atom is -0.444 e. The molecule has 2 aliphatic rings. The van der Waals surface area contributed by atoms with Crippen LogP contribution in [0.1, 0.15) is 42.7 Å². The van der Waals surface area contributed by atoms with Crippen molar-refractivity contribution in [3.05, 3.63) is 22.6 Å². The molecule has 1 spiro atoms. The van der Waals surface area contributed by atoms with Crippen LogP contribution in [-0.4, -0.2) is 40.8 Å². The number of hydrogen-bond donors (Lipinski definition) is 3. The maximum Gasteiger partial charge on any atom is 0.344 e. The number of carbonyl (C=O) groups is 4. The molecular formula is C15H17BrN4O5. The minimum absolute atomic E-state index is 0.0378. The lowest BCUT2D eigenvalue weighted by Gasteiger charge is -2.30. The number of rotatable bonds is 4. The number of amides is 5. The third-order valence-corrected chi connectivity index (χ3v) is 4.74. The fraction of sp³-hybridized carbons (Fsp3) is 0.467. The predicted molar refractivity (Wildman–Crippen MR) is 88.1 cm³/mol. The molecule has 1 aromatic rings. The van der Waals surface area contributed by atoms with E-state index in [9.17, 15) is 19.2 Å². The highest BCUT2D eigenvalue weighted by molar-refractivity contribution is 9.10. The molecule has 134 valence electrons. The van der Waals surface area contributed by atoms with Crippen LogP contribution in [0.4, 0.5) is 4.79 Å². The van der Waals surface area contributed by atoms with Crippen molar-refractivity contribution in [1.82, 2.24) is 21.1 Å². The van der Waals surface area contributed by atoms with E-state index in [0.717, 1.165) is 19.3 Å². The lowest BCUT2D eigenvalue weighted by Crippen LogP contribution is -2.52. The molecular weight excluding hydrogens is 396 g/mol. The Bertz CT molecular complexity index is 725. The Morgan fingerprint density at radius 1 is 1.24 bits per heavy atom. The van der Waals surface area contributed by atoms with Crippen molar-refractivity contribution in [2.24, 2.45) is 0 Å². The Morgan fingerprint density at radius 3 is 2.60 bits per heavy atom. The van der Waals surface area contributed by atoms with Gasteiger partial charge in [0, 0.05) is 0 Å². The van der Waals surface area contributed by atoms with E-state index in [-0.39, 0.29) is 5.76 Å². The molecule has 1 aromatic heterocycles. The van der Waals surface area contributed by atoms with E-state index in [1.807, 2.05) is 0 Å². The fourth-order valence-corrected chi connectivity index (χ4v) is 3.37. The zero-order chi connectivity index (χ0) is 18.0. The number of nitrogens with one attached hydrogen (secondary N) is 3. The Morgan fingerprint density at radius 2 is 1.96 bits per heavy atom. The molecule has 1 saturated carbocycles. The van der Waals surface area contributed by atoms with Crippen molar-refractivity contribution in [2.45, 2.75) is 37.6 Å². The molecule has 25 heavy (non-hydrogen) atoms. The van der Waals surface area contributed by atoms with Crippen LogP contribution in [0.3, 0.4) is 0 Å². The van der Waals surface area contributed by atoms with E-state index in [2.05, 4.69) is 32.0 Å². The van der Waals surface area contributed by atoms with Crippen LogP contribution in [0.2, 0.25) is 0 Å². The number of nitrogens with zero attached hydrogens (tertiary/aromatic N) is 1. The molecule has 2 fully saturated rings. The summed E-state index contributed by atoms with van der Waals surface area (Å²) in [5.41, 5.74) is 1.33. The molecule has 1 aliphatic heterocycles. The van der Waals surface area contributed by atoms with Crippen molar-refractivity contribution >= 4 is 39.7 Å². The van der Waals surface area contributed by atoms with E-state index >= 15 is 0 Å². The predicted octanol–water partition coefficient (Wildman–Crippen LogP) is 1.06. The van der Waals surface area contributed by atoms with Gasteiger partial charge in [-0.25, -0.2) is 4.79 Å². The van der Waals surface area contributed by atoms with E-state index < -0.39 is 35.8 Å². The highest BCUT2D eigenvalue weighted by atomic mass is 79.9. The average molecular weight is 413 g/mol. The van der Waals surface area contributed by atoms with Crippen LogP contribution in [0, 0.1) is 0 Å². The second-order valence-electron chi connectivity index (χ2n) is 6.03. The van der Waals surface area contributed by atoms with Crippen molar-refractivity contribution < 1.29 is 23.6 Å². The molecule has 0 unspecified atom stereocenters. The van der Waals surface area contributed by atoms with E-state index in [1.54, 1.807) is 6.07 Å². The maximum absolute atomic E-state index is 12.5. The van der Waals surface area contributed by atoms with Gasteiger partial charge in [-0.05, 0) is 40.9 Å². The van der Waals surface area contributed by atoms with Gasteiger partial charge >= 0.3 is 6.03 Å². The molecule has 9 nitrogen and oxygen atoms in total. The lowest BCUT2D eigenvalue weighted by atomic mass is 9.82. The molecule has 5 amide bonds. The SMILES string of the molecule is O=C(CNC(=O)c1ccc(Br)o1)NN1C(=O)NC2(CCCCC2)C1=O. The monoisotopic (exact) mass is 412 g/mol. The molecule has 1 aliphatic carbocycles. The third-order valence-electron chi connectivity index (χ3n) is 4.31. The van der Waals surface area contributed by atoms with Gasteiger partial charge < -0.3 is 15.1 Å². The van der Waals surface area contributed by atoms with Gasteiger partial charge in [0.05, 0.1) is 6.54 Å². The number of carbonyl (C=O) groups excluding carboxylic acids is 4. The first-order chi connectivity index (χ1) is 11.9. The second-order valence-corrected chi connectivity index (χ2v) is 6.82. The Labute approximate surface area is 151 Å². The summed E-state index contributed by atoms with van der Waals surface area (Å²) in [6.45, 7) is -0.402. The summed E-state index contributed by atoms with van der Waals surface area (Å²) in [5, 5.41) is 5.73. The zero-order valence-electron chi connectivity index (χ0n) is 13.3. The number of imide groups is 1. The third kappa shape index (κ3) is 3.53. The summed E-state index contributed by atoms with van der Waals surface area (Å²) in [6, 6.07) is 2.34. The van der Waals surface area contributed by atoms with Gasteiger partial charge in [-0.3, -0.25) is 19.8 Å². The quantitative estimate of drug-likeness (QED) is 0.638. The summed E-state index contributed by atoms with van der Waals surface area (Å²) in [6.07, 6.45) is 3.85. The number of halogens is 1. The van der Waals surface area contributed by atoms with Crippen molar-refractivity contribution in [2.75, 3.05) is 6.54 Å². The molecule has 2 heterocycles. The van der Waals surface area contributed by atoms with Gasteiger partial charge in [0.25, 0.3) is 17.7 Å². The first kappa shape index (κ1) is 17.5. The van der Waals surface area contributed by atoms with Crippen molar-refractivity contribution in [3.63, 3.8) is 0 Å². The maximum atomic E-state index is 12.5. The normalized spacial score (nSPS) is 19.0. The Kier molecular flexibility index (Phi) is 4.80. The minimum atomic E-state index is -0.910. The molecule has 3 N–H and O–H groups in total. The first-order valence-corrected chi connectivity index (χ1v) is 8.70. The van der Waals surface area contributed by atoms with Crippen molar-refractivity contribution in [3.8, 4) is 0 Å². The standard InChI is InChI=1S/C15H17BrN4O5/c16-10-5-4-9(25-10)12(22)17-8-11(21)19-20-13(23)15(18-14(20)24)6-2-1-3-7-15/h4-5H,1-3,6-8H2,(H,17,22)(H,18,24)(H,19,21). The number of hydrogen-bond acceptors (Lipinski definition) is 5. The van der Waals surface area contributed by atoms with E-state index in [4.69, 9.17) is 4.42 Å². The zero-order valence-corrected chi connectivity index (χ0v) is 14.8. The summed E-state index contributed by atoms with van der Waals surface area (Å²) in [4.78, 5) is 48.3. The topological polar surface area (TPSA) is 121 Å². The smallest absolute Gasteiger partial charge is 0.344 e. The summed E-state index contributed by atoms with van der Waals surface area (Å²) in [7, 11) is 0. The average Bonchev–Trinajstić information content (AvgIpc) is 3.11. The fourth-order valence-electron chi connectivity index (χ4n) is 3.06. The van der Waals surface area contributed by atoms with E-state index in [0.29, 0.717) is 22.5 Å². The summed E-state index contributed by atoms with van der Waals surface area (Å²) >= 11 is 3.07. The van der Waals surface area contributed by atoms with Crippen LogP contribution >= 0.6 is 15.9 Å². The highest BCUT2D eigenvalue weighted by Crippen LogP contribution is 2.32. The van der Waals surface area contributed by atoms with Crippen LogP contribution in [0.5, 0.6) is 0 Å². The van der Waals surface area contributed by atoms with Crippen molar-refractivity contribution in [1.29, 1.82) is 0 Å². The Balaban J connectivity index is 1.55. The van der Waals surface area contributed by atoms with Gasteiger partial charge in [0.1, 0.15) is 5.54 Å². The van der Waals surface area contributed by atoms with E-state index in [1.165, 1.54) is 6.07 Å².